The summed E-state index contributed by atoms with van der Waals surface area (Å²) >= 11 is 0. The van der Waals surface area contributed by atoms with Crippen LogP contribution in [0.5, 0.6) is 0 Å². The molecule has 0 saturated heterocycles. The number of hydrogen-bond donors (Lipinski definition) is 3. The fourth-order valence-electron chi connectivity index (χ4n) is 2.88. The molecule has 0 aliphatic heterocycles. The van der Waals surface area contributed by atoms with E-state index in [4.69, 9.17) is 14.9 Å². The smallest absolute Gasteiger partial charge is 0.407 e. The fraction of sp³-hybridized carbons (Fsp3) is 0.818. The molecular weight excluding hydrogens is 358 g/mol. The molecule has 0 aliphatic carbocycles. The van der Waals surface area contributed by atoms with Gasteiger partial charge in [0.15, 0.2) is 6.04 Å². The van der Waals surface area contributed by atoms with Crippen molar-refractivity contribution in [3.63, 3.8) is 0 Å². The number of nitrogens with one attached hydrogen (secondary N) is 1. The van der Waals surface area contributed by atoms with Gasteiger partial charge in [0.05, 0.1) is 13.2 Å². The molecule has 0 saturated carbocycles. The third-order valence-electron chi connectivity index (χ3n) is 4.66. The number of allylic oxidation sites excluding steroid dienone is 2. The molecule has 0 aromatic heterocycles. The number of aliphatic hydroxyl groups excluding tert-OH is 1. The maximum absolute atomic E-state index is 11.4. The minimum atomic E-state index is -1.31. The zero-order valence-electron chi connectivity index (χ0n) is 17.7. The van der Waals surface area contributed by atoms with Crippen LogP contribution in [0.2, 0.25) is 0 Å². The van der Waals surface area contributed by atoms with Crippen LogP contribution < -0.4 is 5.32 Å². The Hall–Kier alpha value is -1.56. The van der Waals surface area contributed by atoms with Gasteiger partial charge in [-0.3, -0.25) is 0 Å². The van der Waals surface area contributed by atoms with Crippen LogP contribution in [0, 0.1) is 0 Å². The predicted molar refractivity (Wildman–Crippen MR) is 112 cm³/mol. The minimum Gasteiger partial charge on any atom is -0.480 e. The summed E-state index contributed by atoms with van der Waals surface area (Å²) in [5.41, 5.74) is 0. The number of carboxylic acid groups (broad SMARTS) is 1. The molecule has 0 aromatic carbocycles. The van der Waals surface area contributed by atoms with E-state index in [1.807, 2.05) is 0 Å². The molecule has 0 fully saturated rings. The lowest BCUT2D eigenvalue weighted by Crippen LogP contribution is -2.43. The van der Waals surface area contributed by atoms with Crippen LogP contribution >= 0.6 is 0 Å². The first kappa shape index (κ1) is 26.4. The number of carbonyl (C=O) groups is 2. The second kappa shape index (κ2) is 20.2. The molecule has 0 aromatic rings. The van der Waals surface area contributed by atoms with Gasteiger partial charge in [0, 0.05) is 0 Å². The first-order chi connectivity index (χ1) is 13.6. The van der Waals surface area contributed by atoms with Crippen molar-refractivity contribution < 1.29 is 24.5 Å². The van der Waals surface area contributed by atoms with E-state index in [-0.39, 0.29) is 6.61 Å². The van der Waals surface area contributed by atoms with E-state index < -0.39 is 24.7 Å². The molecule has 0 unspecified atom stereocenters. The van der Waals surface area contributed by atoms with Gasteiger partial charge in [-0.2, -0.15) is 0 Å². The topological polar surface area (TPSA) is 95.9 Å². The highest BCUT2D eigenvalue weighted by Crippen LogP contribution is 2.10. The molecule has 6 nitrogen and oxygen atoms in total. The number of hydrogen-bond acceptors (Lipinski definition) is 4. The summed E-state index contributed by atoms with van der Waals surface area (Å²) in [5, 5.41) is 19.6. The molecule has 0 spiro atoms. The summed E-state index contributed by atoms with van der Waals surface area (Å²) in [4.78, 5) is 22.0. The zero-order valence-corrected chi connectivity index (χ0v) is 17.7. The van der Waals surface area contributed by atoms with Crippen LogP contribution in [0.25, 0.3) is 0 Å². The van der Waals surface area contributed by atoms with E-state index in [1.165, 1.54) is 64.2 Å². The van der Waals surface area contributed by atoms with Crippen molar-refractivity contribution >= 4 is 12.1 Å². The molecule has 0 heterocycles. The third-order valence-corrected chi connectivity index (χ3v) is 4.66. The van der Waals surface area contributed by atoms with Gasteiger partial charge >= 0.3 is 12.1 Å². The van der Waals surface area contributed by atoms with Gasteiger partial charge in [0.25, 0.3) is 0 Å². The summed E-state index contributed by atoms with van der Waals surface area (Å²) < 4.78 is 4.91. The highest BCUT2D eigenvalue weighted by molar-refractivity contribution is 5.79. The van der Waals surface area contributed by atoms with Gasteiger partial charge in [0.1, 0.15) is 0 Å². The molecule has 0 bridgehead atoms. The van der Waals surface area contributed by atoms with Gasteiger partial charge in [0.2, 0.25) is 0 Å². The average Bonchev–Trinajstić information content (AvgIpc) is 2.68. The molecule has 6 heteroatoms. The monoisotopic (exact) mass is 399 g/mol. The average molecular weight is 400 g/mol. The SMILES string of the molecule is CCCCCCCCC=CCCCCCCCCOC(=O)N[C@@H](CO)C(=O)O. The highest BCUT2D eigenvalue weighted by Gasteiger charge is 2.19. The van der Waals surface area contributed by atoms with Crippen molar-refractivity contribution in [1.82, 2.24) is 5.32 Å². The van der Waals surface area contributed by atoms with Gasteiger partial charge in [-0.25, -0.2) is 9.59 Å². The first-order valence-corrected chi connectivity index (χ1v) is 11.0. The molecule has 164 valence electrons. The Morgan fingerprint density at radius 1 is 0.857 bits per heavy atom. The van der Waals surface area contributed by atoms with Crippen molar-refractivity contribution in [2.75, 3.05) is 13.2 Å². The summed E-state index contributed by atoms with van der Waals surface area (Å²) in [6, 6.07) is -1.31. The van der Waals surface area contributed by atoms with Crippen molar-refractivity contribution in [2.45, 2.75) is 103 Å². The van der Waals surface area contributed by atoms with Crippen LogP contribution in [0.15, 0.2) is 12.2 Å². The van der Waals surface area contributed by atoms with Crippen LogP contribution in [0.4, 0.5) is 4.79 Å². The molecule has 1 atom stereocenters. The van der Waals surface area contributed by atoms with Gasteiger partial charge in [-0.1, -0.05) is 76.9 Å². The van der Waals surface area contributed by atoms with E-state index in [0.29, 0.717) is 0 Å². The van der Waals surface area contributed by atoms with E-state index in [2.05, 4.69) is 24.4 Å². The van der Waals surface area contributed by atoms with Crippen molar-refractivity contribution in [3.8, 4) is 0 Å². The maximum atomic E-state index is 11.4. The molecule has 28 heavy (non-hydrogen) atoms. The number of alkyl carbamates (subject to hydrolysis) is 1. The van der Waals surface area contributed by atoms with Gasteiger partial charge in [-0.15, -0.1) is 0 Å². The number of carbonyl (C=O) groups excluding carboxylic acids is 1. The molecular formula is C22H41NO5. The van der Waals surface area contributed by atoms with E-state index in [1.54, 1.807) is 0 Å². The maximum Gasteiger partial charge on any atom is 0.407 e. The van der Waals surface area contributed by atoms with Crippen LogP contribution in [-0.2, 0) is 9.53 Å². The van der Waals surface area contributed by atoms with Crippen molar-refractivity contribution in [2.24, 2.45) is 0 Å². The second-order valence-corrected chi connectivity index (χ2v) is 7.29. The lowest BCUT2D eigenvalue weighted by Gasteiger charge is -2.11. The molecule has 1 amide bonds. The summed E-state index contributed by atoms with van der Waals surface area (Å²) in [7, 11) is 0. The highest BCUT2D eigenvalue weighted by atomic mass is 16.5. The molecule has 3 N–H and O–H groups in total. The predicted octanol–water partition coefficient (Wildman–Crippen LogP) is 5.20. The number of carboxylic acids is 1. The minimum absolute atomic E-state index is 0.269. The number of aliphatic carboxylic acids is 1. The number of ether oxygens (including phenoxy) is 1. The normalized spacial score (nSPS) is 12.2. The van der Waals surface area contributed by atoms with E-state index in [9.17, 15) is 9.59 Å². The van der Waals surface area contributed by atoms with Gasteiger partial charge < -0.3 is 20.3 Å². The number of amides is 1. The first-order valence-electron chi connectivity index (χ1n) is 11.0. The summed E-state index contributed by atoms with van der Waals surface area (Å²) in [6.07, 6.45) is 20.8. The Morgan fingerprint density at radius 3 is 1.86 bits per heavy atom. The molecule has 0 rings (SSSR count). The van der Waals surface area contributed by atoms with Crippen molar-refractivity contribution in [3.05, 3.63) is 12.2 Å². The lowest BCUT2D eigenvalue weighted by molar-refractivity contribution is -0.140. The summed E-state index contributed by atoms with van der Waals surface area (Å²) in [5.74, 6) is -1.28. The Kier molecular flexibility index (Phi) is 19.1. The Bertz CT molecular complexity index is 412. The Morgan fingerprint density at radius 2 is 1.36 bits per heavy atom. The largest absolute Gasteiger partial charge is 0.480 e. The molecule has 0 radical (unpaired) electrons. The van der Waals surface area contributed by atoms with E-state index >= 15 is 0 Å². The van der Waals surface area contributed by atoms with Gasteiger partial charge in [-0.05, 0) is 32.1 Å². The number of aliphatic hydroxyl groups is 1. The quantitative estimate of drug-likeness (QED) is 0.205. The lowest BCUT2D eigenvalue weighted by atomic mass is 10.1. The number of unbranched alkanes of at least 4 members (excludes halogenated alkanes) is 12. The second-order valence-electron chi connectivity index (χ2n) is 7.29. The molecule has 0 aliphatic rings. The Balaban J connectivity index is 3.32. The third kappa shape index (κ3) is 17.8. The van der Waals surface area contributed by atoms with Crippen LogP contribution in [0.3, 0.4) is 0 Å². The standard InChI is InChI=1S/C22H41NO5/c1-2-3-4-5-6-7-8-9-10-11-12-13-14-15-16-17-18-28-22(27)23-20(19-24)21(25)26/h9-10,20,24H,2-8,11-19H2,1H3,(H,23,27)(H,25,26)/t20-/m0/s1. The van der Waals surface area contributed by atoms with E-state index in [0.717, 1.165) is 25.7 Å². The summed E-state index contributed by atoms with van der Waals surface area (Å²) in [6.45, 7) is 1.86. The Labute approximate surface area is 170 Å². The van der Waals surface area contributed by atoms with Crippen molar-refractivity contribution in [1.29, 1.82) is 0 Å². The van der Waals surface area contributed by atoms with Crippen LogP contribution in [0.1, 0.15) is 96.8 Å². The zero-order chi connectivity index (χ0) is 20.9. The number of rotatable bonds is 19. The fourth-order valence-corrected chi connectivity index (χ4v) is 2.88. The van der Waals surface area contributed by atoms with Crippen LogP contribution in [-0.4, -0.2) is 41.5 Å².